The number of amides is 1. The third kappa shape index (κ3) is 7.62. The summed E-state index contributed by atoms with van der Waals surface area (Å²) in [5.74, 6) is -1.23. The summed E-state index contributed by atoms with van der Waals surface area (Å²) in [7, 11) is 0. The molecule has 0 spiro atoms. The minimum Gasteiger partial charge on any atom is -0.437 e. The number of anilines is 2. The van der Waals surface area contributed by atoms with Gasteiger partial charge in [0.1, 0.15) is 16.6 Å². The van der Waals surface area contributed by atoms with Gasteiger partial charge in [-0.25, -0.2) is 9.00 Å². The van der Waals surface area contributed by atoms with Crippen LogP contribution >= 0.6 is 23.2 Å². The Morgan fingerprint density at radius 1 is 1.05 bits per heavy atom. The first kappa shape index (κ1) is 30.9. The fourth-order valence-electron chi connectivity index (χ4n) is 3.81. The summed E-state index contributed by atoms with van der Waals surface area (Å²) in [6, 6.07) is 16.7. The monoisotopic (exact) mass is 635 g/mol. The Hall–Kier alpha value is -4.04. The number of hydrogen-bond donors (Lipinski definition) is 3. The topological polar surface area (TPSA) is 145 Å². The van der Waals surface area contributed by atoms with E-state index in [0.29, 0.717) is 22.0 Å². The molecule has 0 aliphatic carbocycles. The van der Waals surface area contributed by atoms with E-state index in [-0.39, 0.29) is 29.8 Å². The van der Waals surface area contributed by atoms with Crippen molar-refractivity contribution >= 4 is 51.9 Å². The first-order valence-corrected chi connectivity index (χ1v) is 14.1. The van der Waals surface area contributed by atoms with Crippen molar-refractivity contribution in [2.45, 2.75) is 26.9 Å². The maximum Gasteiger partial charge on any atom is 0.332 e. The van der Waals surface area contributed by atoms with Crippen molar-refractivity contribution in [3.8, 4) is 11.6 Å². The van der Waals surface area contributed by atoms with Crippen LogP contribution in [0.3, 0.4) is 0 Å². The molecule has 4 aromatic rings. The molecule has 0 saturated carbocycles. The molecule has 0 aliphatic rings. The molecule has 4 rings (SSSR count). The zero-order valence-electron chi connectivity index (χ0n) is 22.1. The number of benzene rings is 2. The molecule has 0 fully saturated rings. The lowest BCUT2D eigenvalue weighted by molar-refractivity contribution is -0.128. The van der Waals surface area contributed by atoms with Crippen molar-refractivity contribution in [1.82, 2.24) is 18.8 Å². The number of nitrogens with zero attached hydrogens (tertiary/aromatic N) is 3. The maximum absolute atomic E-state index is 13.7. The second kappa shape index (κ2) is 12.9. The fourth-order valence-corrected chi connectivity index (χ4v) is 4.52. The SMILES string of the molecule is CC(C)(Cn1c(=O)cc(Nc2ccc(Oc3nc(F)ccc3Cl)cc2)n(Cc2ccc(Cl)cc2)c1=O)C(=O)NS(=O)O. The van der Waals surface area contributed by atoms with Gasteiger partial charge < -0.3 is 10.1 Å². The lowest BCUT2D eigenvalue weighted by atomic mass is 9.92. The number of hydrogen-bond acceptors (Lipinski definition) is 7. The van der Waals surface area contributed by atoms with Crippen LogP contribution in [-0.2, 0) is 29.2 Å². The van der Waals surface area contributed by atoms with E-state index in [1.807, 2.05) is 4.72 Å². The lowest BCUT2D eigenvalue weighted by Crippen LogP contribution is -2.47. The van der Waals surface area contributed by atoms with Gasteiger partial charge in [0.05, 0.1) is 12.0 Å². The molecule has 2 aromatic heterocycles. The van der Waals surface area contributed by atoms with Crippen molar-refractivity contribution in [3.05, 3.63) is 109 Å². The molecule has 0 saturated heterocycles. The molecule has 220 valence electrons. The van der Waals surface area contributed by atoms with Crippen molar-refractivity contribution in [3.63, 3.8) is 0 Å². The van der Waals surface area contributed by atoms with Gasteiger partial charge in [-0.1, -0.05) is 35.3 Å². The number of halogens is 3. The maximum atomic E-state index is 13.7. The Balaban J connectivity index is 1.68. The number of carbonyl (C=O) groups excluding carboxylic acids is 1. The molecule has 15 heteroatoms. The summed E-state index contributed by atoms with van der Waals surface area (Å²) in [4.78, 5) is 42.8. The Labute approximate surface area is 251 Å². The van der Waals surface area contributed by atoms with E-state index in [1.165, 1.54) is 30.5 Å². The molecule has 3 N–H and O–H groups in total. The number of aromatic nitrogens is 3. The van der Waals surface area contributed by atoms with Gasteiger partial charge in [-0.15, -0.1) is 0 Å². The van der Waals surface area contributed by atoms with Crippen molar-refractivity contribution < 1.29 is 22.7 Å². The largest absolute Gasteiger partial charge is 0.437 e. The van der Waals surface area contributed by atoms with Crippen LogP contribution in [0.5, 0.6) is 11.6 Å². The van der Waals surface area contributed by atoms with Gasteiger partial charge in [-0.2, -0.15) is 9.37 Å². The standard InChI is InChI=1S/C27H24Cl2FN5O6S/c1-27(2,25(37)33-42(39)40)15-35-23(36)13-22(34(26(35)38)14-16-3-5-17(28)6-4-16)31-18-7-9-19(10-8-18)41-24-20(29)11-12-21(30)32-24/h3-13,31H,14-15H2,1-2H3,(H,33,37)(H,39,40). The highest BCUT2D eigenvalue weighted by Crippen LogP contribution is 2.28. The molecule has 1 atom stereocenters. The van der Waals surface area contributed by atoms with Gasteiger partial charge in [0.25, 0.3) is 16.8 Å². The minimum atomic E-state index is -2.61. The zero-order chi connectivity index (χ0) is 30.6. The first-order chi connectivity index (χ1) is 19.8. The second-order valence-electron chi connectivity index (χ2n) is 9.69. The molecular weight excluding hydrogens is 612 g/mol. The normalized spacial score (nSPS) is 12.0. The summed E-state index contributed by atoms with van der Waals surface area (Å²) < 4.78 is 43.2. The van der Waals surface area contributed by atoms with Gasteiger partial charge >= 0.3 is 5.69 Å². The van der Waals surface area contributed by atoms with Gasteiger partial charge in [-0.05, 0) is 67.9 Å². The molecule has 0 radical (unpaired) electrons. The van der Waals surface area contributed by atoms with Gasteiger partial charge in [0.2, 0.25) is 17.7 Å². The predicted molar refractivity (Wildman–Crippen MR) is 157 cm³/mol. The first-order valence-electron chi connectivity index (χ1n) is 12.2. The molecule has 1 unspecified atom stereocenters. The highest BCUT2D eigenvalue weighted by atomic mass is 35.5. The molecule has 11 nitrogen and oxygen atoms in total. The van der Waals surface area contributed by atoms with E-state index in [4.69, 9.17) is 32.5 Å². The quantitative estimate of drug-likeness (QED) is 0.168. The second-order valence-corrected chi connectivity index (χ2v) is 11.2. The predicted octanol–water partition coefficient (Wildman–Crippen LogP) is 4.71. The highest BCUT2D eigenvalue weighted by molar-refractivity contribution is 7.77. The summed E-state index contributed by atoms with van der Waals surface area (Å²) in [6.45, 7) is 2.55. The molecule has 0 aliphatic heterocycles. The summed E-state index contributed by atoms with van der Waals surface area (Å²) >= 11 is 9.41. The van der Waals surface area contributed by atoms with Crippen LogP contribution in [0.2, 0.25) is 10.0 Å². The molecule has 2 heterocycles. The molecular formula is C27H24Cl2FN5O6S. The minimum absolute atomic E-state index is 0.0385. The van der Waals surface area contributed by atoms with Crippen LogP contribution < -0.4 is 26.0 Å². The number of rotatable bonds is 10. The van der Waals surface area contributed by atoms with Gasteiger partial charge in [0.15, 0.2) is 0 Å². The molecule has 1 amide bonds. The van der Waals surface area contributed by atoms with Gasteiger partial charge in [0, 0.05) is 23.3 Å². The summed E-state index contributed by atoms with van der Waals surface area (Å²) in [6.07, 6.45) is 0. The summed E-state index contributed by atoms with van der Waals surface area (Å²) in [5, 5.41) is 3.67. The van der Waals surface area contributed by atoms with E-state index < -0.39 is 39.8 Å². The smallest absolute Gasteiger partial charge is 0.332 e. The Morgan fingerprint density at radius 2 is 1.71 bits per heavy atom. The third-order valence-electron chi connectivity index (χ3n) is 6.00. The van der Waals surface area contributed by atoms with Crippen molar-refractivity contribution in [1.29, 1.82) is 0 Å². The van der Waals surface area contributed by atoms with Crippen molar-refractivity contribution in [2.75, 3.05) is 5.32 Å². The van der Waals surface area contributed by atoms with Crippen LogP contribution in [0, 0.1) is 11.4 Å². The van der Waals surface area contributed by atoms with E-state index in [0.717, 1.165) is 10.6 Å². The summed E-state index contributed by atoms with van der Waals surface area (Å²) in [5.41, 5.74) is -1.63. The lowest BCUT2D eigenvalue weighted by Gasteiger charge is -2.24. The molecule has 2 aromatic carbocycles. The number of nitrogens with one attached hydrogen (secondary N) is 2. The van der Waals surface area contributed by atoms with Crippen LogP contribution in [0.15, 0.2) is 76.3 Å². The third-order valence-corrected chi connectivity index (χ3v) is 6.90. The van der Waals surface area contributed by atoms with E-state index >= 15 is 0 Å². The number of carbonyl (C=O) groups is 1. The van der Waals surface area contributed by atoms with Crippen molar-refractivity contribution in [2.24, 2.45) is 5.41 Å². The molecule has 0 bridgehead atoms. The number of pyridine rings is 1. The Morgan fingerprint density at radius 3 is 2.36 bits per heavy atom. The Bertz CT molecular complexity index is 1760. The van der Waals surface area contributed by atoms with Crippen LogP contribution in [0.1, 0.15) is 19.4 Å². The molecule has 42 heavy (non-hydrogen) atoms. The average molecular weight is 636 g/mol. The van der Waals surface area contributed by atoms with Gasteiger partial charge in [-0.3, -0.25) is 28.0 Å². The van der Waals surface area contributed by atoms with E-state index in [2.05, 4.69) is 10.3 Å². The fraction of sp³-hybridized carbons (Fsp3) is 0.185. The van der Waals surface area contributed by atoms with Crippen LogP contribution in [0.25, 0.3) is 0 Å². The number of ether oxygens (including phenoxy) is 1. The Kier molecular flexibility index (Phi) is 9.46. The highest BCUT2D eigenvalue weighted by Gasteiger charge is 2.31. The van der Waals surface area contributed by atoms with E-state index in [1.54, 1.807) is 48.5 Å². The van der Waals surface area contributed by atoms with Crippen LogP contribution in [0.4, 0.5) is 15.9 Å². The van der Waals surface area contributed by atoms with Crippen LogP contribution in [-0.4, -0.2) is 28.8 Å². The average Bonchev–Trinajstić information content (AvgIpc) is 2.92. The zero-order valence-corrected chi connectivity index (χ0v) is 24.5. The van der Waals surface area contributed by atoms with E-state index in [9.17, 15) is 23.0 Å².